The minimum Gasteiger partial charge on any atom is -0.372 e. The fraction of sp³-hybridized carbons (Fsp3) is 0.261. The molecule has 1 aromatic carbocycles. The molecule has 3 heterocycles. The lowest BCUT2D eigenvalue weighted by atomic mass is 10.2. The summed E-state index contributed by atoms with van der Waals surface area (Å²) in [6.07, 6.45) is 3.55. The molecule has 0 radical (unpaired) electrons. The predicted molar refractivity (Wildman–Crippen MR) is 118 cm³/mol. The second kappa shape index (κ2) is 8.92. The van der Waals surface area contributed by atoms with Crippen molar-refractivity contribution in [3.63, 3.8) is 0 Å². The van der Waals surface area contributed by atoms with E-state index in [1.165, 1.54) is 0 Å². The zero-order valence-corrected chi connectivity index (χ0v) is 17.1. The van der Waals surface area contributed by atoms with E-state index in [4.69, 9.17) is 4.74 Å². The van der Waals surface area contributed by atoms with Crippen molar-refractivity contribution in [1.29, 1.82) is 0 Å². The summed E-state index contributed by atoms with van der Waals surface area (Å²) >= 11 is 0. The Bertz CT molecular complexity index is 967. The van der Waals surface area contributed by atoms with Crippen molar-refractivity contribution in [2.45, 2.75) is 26.1 Å². The Balaban J connectivity index is 1.36. The van der Waals surface area contributed by atoms with Gasteiger partial charge in [0.1, 0.15) is 11.6 Å². The molecule has 0 aliphatic carbocycles. The highest BCUT2D eigenvalue weighted by molar-refractivity contribution is 6.04. The van der Waals surface area contributed by atoms with Crippen molar-refractivity contribution in [2.75, 3.05) is 28.6 Å². The van der Waals surface area contributed by atoms with E-state index < -0.39 is 0 Å². The molecule has 0 spiro atoms. The second-order valence-corrected chi connectivity index (χ2v) is 7.44. The molecule has 2 atom stereocenters. The Labute approximate surface area is 176 Å². The molecule has 1 aliphatic heterocycles. The molecule has 1 fully saturated rings. The van der Waals surface area contributed by atoms with Gasteiger partial charge in [0, 0.05) is 25.0 Å². The van der Waals surface area contributed by atoms with Gasteiger partial charge in [-0.25, -0.2) is 9.97 Å². The first-order valence-corrected chi connectivity index (χ1v) is 10.0. The van der Waals surface area contributed by atoms with Crippen LogP contribution < -0.4 is 15.5 Å². The summed E-state index contributed by atoms with van der Waals surface area (Å²) < 4.78 is 5.76. The van der Waals surface area contributed by atoms with Crippen molar-refractivity contribution in [2.24, 2.45) is 0 Å². The minimum atomic E-state index is -0.219. The maximum atomic E-state index is 12.6. The van der Waals surface area contributed by atoms with Gasteiger partial charge in [-0.1, -0.05) is 18.2 Å². The average molecular weight is 403 g/mol. The summed E-state index contributed by atoms with van der Waals surface area (Å²) in [7, 11) is 0. The van der Waals surface area contributed by atoms with Crippen LogP contribution in [0.25, 0.3) is 0 Å². The number of hydrogen-bond acceptors (Lipinski definition) is 6. The summed E-state index contributed by atoms with van der Waals surface area (Å²) in [5, 5.41) is 6.07. The van der Waals surface area contributed by atoms with E-state index in [1.807, 2.05) is 48.5 Å². The molecule has 4 rings (SSSR count). The first kappa shape index (κ1) is 19.8. The van der Waals surface area contributed by atoms with E-state index >= 15 is 0 Å². The first-order chi connectivity index (χ1) is 14.6. The van der Waals surface area contributed by atoms with Crippen LogP contribution in [0.5, 0.6) is 0 Å². The van der Waals surface area contributed by atoms with E-state index in [2.05, 4.69) is 39.3 Å². The number of amides is 1. The van der Waals surface area contributed by atoms with Gasteiger partial charge in [0.2, 0.25) is 0 Å². The molecule has 2 unspecified atom stereocenters. The number of hydrogen-bond donors (Lipinski definition) is 2. The molecule has 30 heavy (non-hydrogen) atoms. The van der Waals surface area contributed by atoms with Crippen molar-refractivity contribution < 1.29 is 9.53 Å². The fourth-order valence-electron chi connectivity index (χ4n) is 3.49. The number of benzene rings is 1. The van der Waals surface area contributed by atoms with Crippen LogP contribution in [0.3, 0.4) is 0 Å². The second-order valence-electron chi connectivity index (χ2n) is 7.44. The molecule has 154 valence electrons. The predicted octanol–water partition coefficient (Wildman–Crippen LogP) is 4.09. The number of pyridine rings is 2. The smallest absolute Gasteiger partial charge is 0.257 e. The van der Waals surface area contributed by atoms with Gasteiger partial charge >= 0.3 is 0 Å². The number of ether oxygens (including phenoxy) is 1. The fourth-order valence-corrected chi connectivity index (χ4v) is 3.49. The SMILES string of the molecule is CC1CN(c2ccc(C(=O)Nc3ccc(Nc4ccccc4)nc3)cn2)CC(C)O1. The summed E-state index contributed by atoms with van der Waals surface area (Å²) in [5.41, 5.74) is 2.08. The van der Waals surface area contributed by atoms with Gasteiger partial charge in [0.25, 0.3) is 5.91 Å². The lowest BCUT2D eigenvalue weighted by Gasteiger charge is -2.36. The summed E-state index contributed by atoms with van der Waals surface area (Å²) in [6, 6.07) is 17.1. The molecular formula is C23H25N5O2. The number of aromatic nitrogens is 2. The van der Waals surface area contributed by atoms with Gasteiger partial charge in [-0.05, 0) is 50.2 Å². The summed E-state index contributed by atoms with van der Waals surface area (Å²) in [5.74, 6) is 1.34. The van der Waals surface area contributed by atoms with Crippen LogP contribution in [0.15, 0.2) is 67.0 Å². The van der Waals surface area contributed by atoms with Gasteiger partial charge in [-0.15, -0.1) is 0 Å². The molecule has 0 saturated carbocycles. The highest BCUT2D eigenvalue weighted by Gasteiger charge is 2.23. The minimum absolute atomic E-state index is 0.158. The monoisotopic (exact) mass is 403 g/mol. The molecule has 7 heteroatoms. The molecule has 2 aromatic heterocycles. The van der Waals surface area contributed by atoms with Crippen LogP contribution in [-0.2, 0) is 4.74 Å². The number of carbonyl (C=O) groups excluding carboxylic acids is 1. The van der Waals surface area contributed by atoms with Crippen LogP contribution in [-0.4, -0.2) is 41.2 Å². The van der Waals surface area contributed by atoms with E-state index in [0.717, 1.165) is 24.6 Å². The van der Waals surface area contributed by atoms with Crippen molar-refractivity contribution >= 4 is 28.9 Å². The molecule has 1 aliphatic rings. The normalized spacial score (nSPS) is 18.7. The quantitative estimate of drug-likeness (QED) is 0.668. The molecule has 1 amide bonds. The third-order valence-electron chi connectivity index (χ3n) is 4.82. The number of carbonyl (C=O) groups is 1. The Morgan fingerprint density at radius 3 is 2.33 bits per heavy atom. The first-order valence-electron chi connectivity index (χ1n) is 10.0. The number of morpholine rings is 1. The molecule has 3 aromatic rings. The Morgan fingerprint density at radius 1 is 0.933 bits per heavy atom. The summed E-state index contributed by atoms with van der Waals surface area (Å²) in [6.45, 7) is 5.69. The maximum Gasteiger partial charge on any atom is 0.257 e. The van der Waals surface area contributed by atoms with E-state index in [-0.39, 0.29) is 18.1 Å². The van der Waals surface area contributed by atoms with Crippen LogP contribution >= 0.6 is 0 Å². The Hall–Kier alpha value is -3.45. The van der Waals surface area contributed by atoms with Crippen molar-refractivity contribution in [3.8, 4) is 0 Å². The molecule has 0 bridgehead atoms. The Kier molecular flexibility index (Phi) is 5.90. The van der Waals surface area contributed by atoms with Gasteiger partial charge < -0.3 is 20.3 Å². The third kappa shape index (κ3) is 4.93. The topological polar surface area (TPSA) is 79.4 Å². The van der Waals surface area contributed by atoms with Crippen LogP contribution in [0.1, 0.15) is 24.2 Å². The highest BCUT2D eigenvalue weighted by Crippen LogP contribution is 2.19. The number of nitrogens with zero attached hydrogens (tertiary/aromatic N) is 3. The number of para-hydroxylation sites is 1. The van der Waals surface area contributed by atoms with E-state index in [9.17, 15) is 4.79 Å². The lowest BCUT2D eigenvalue weighted by molar-refractivity contribution is -0.00546. The van der Waals surface area contributed by atoms with Crippen LogP contribution in [0.2, 0.25) is 0 Å². The zero-order valence-electron chi connectivity index (χ0n) is 17.1. The largest absolute Gasteiger partial charge is 0.372 e. The van der Waals surface area contributed by atoms with E-state index in [1.54, 1.807) is 18.5 Å². The molecule has 2 N–H and O–H groups in total. The zero-order chi connectivity index (χ0) is 20.9. The van der Waals surface area contributed by atoms with Gasteiger partial charge in [-0.2, -0.15) is 0 Å². The number of nitrogens with one attached hydrogen (secondary N) is 2. The van der Waals surface area contributed by atoms with Crippen LogP contribution in [0.4, 0.5) is 23.0 Å². The van der Waals surface area contributed by atoms with Crippen molar-refractivity contribution in [1.82, 2.24) is 9.97 Å². The Morgan fingerprint density at radius 2 is 1.70 bits per heavy atom. The van der Waals surface area contributed by atoms with Crippen molar-refractivity contribution in [3.05, 3.63) is 72.6 Å². The van der Waals surface area contributed by atoms with Gasteiger partial charge in [0.05, 0.1) is 29.7 Å². The molecule has 1 saturated heterocycles. The third-order valence-corrected chi connectivity index (χ3v) is 4.82. The standard InChI is InChI=1S/C23H25N5O2/c1-16-14-28(15-17(2)30-16)22-11-8-18(12-25-22)23(29)27-20-9-10-21(24-13-20)26-19-6-4-3-5-7-19/h3-13,16-17H,14-15H2,1-2H3,(H,24,26)(H,27,29). The lowest BCUT2D eigenvalue weighted by Crippen LogP contribution is -2.45. The van der Waals surface area contributed by atoms with E-state index in [0.29, 0.717) is 17.1 Å². The molecule has 7 nitrogen and oxygen atoms in total. The average Bonchev–Trinajstić information content (AvgIpc) is 2.75. The number of anilines is 4. The number of rotatable bonds is 5. The highest BCUT2D eigenvalue weighted by atomic mass is 16.5. The van der Waals surface area contributed by atoms with Gasteiger partial charge in [-0.3, -0.25) is 4.79 Å². The summed E-state index contributed by atoms with van der Waals surface area (Å²) in [4.78, 5) is 23.6. The van der Waals surface area contributed by atoms with Crippen LogP contribution in [0, 0.1) is 0 Å². The van der Waals surface area contributed by atoms with Gasteiger partial charge in [0.15, 0.2) is 0 Å². The maximum absolute atomic E-state index is 12.6. The molecular weight excluding hydrogens is 378 g/mol.